The maximum atomic E-state index is 13.9. The first-order chi connectivity index (χ1) is 10.1. The third kappa shape index (κ3) is 2.44. The Morgan fingerprint density at radius 1 is 0.696 bits per heavy atom. The van der Waals surface area contributed by atoms with E-state index in [-0.39, 0.29) is 0 Å². The van der Waals surface area contributed by atoms with Gasteiger partial charge in [0.15, 0.2) is 17.5 Å². The fourth-order valence-corrected chi connectivity index (χ4v) is 3.03. The number of rotatable bonds is 1. The van der Waals surface area contributed by atoms with E-state index < -0.39 is 57.1 Å². The Morgan fingerprint density at radius 3 is 1.48 bits per heavy atom. The van der Waals surface area contributed by atoms with Crippen LogP contribution >= 0.6 is 38.8 Å². The lowest BCUT2D eigenvalue weighted by Gasteiger charge is -2.23. The van der Waals surface area contributed by atoms with E-state index in [1.807, 2.05) is 0 Å². The first-order valence-corrected chi connectivity index (χ1v) is 9.59. The second-order valence-electron chi connectivity index (χ2n) is 4.28. The molecule has 1 aliphatic rings. The van der Waals surface area contributed by atoms with Gasteiger partial charge in [-0.1, -0.05) is 0 Å². The van der Waals surface area contributed by atoms with Crippen molar-refractivity contribution in [3.8, 4) is 0 Å². The molecule has 2 rings (SSSR count). The normalized spacial score (nSPS) is 21.2. The molecule has 0 amide bonds. The van der Waals surface area contributed by atoms with Crippen LogP contribution in [0.25, 0.3) is 0 Å². The molecular formula is C9Cl3F9NP. The largest absolute Gasteiger partial charge is 0.380 e. The Bertz CT molecular complexity index is 749. The summed E-state index contributed by atoms with van der Waals surface area (Å²) in [5, 5.41) is -4.07. The fraction of sp³-hybridized carbons (Fsp3) is 0.333. The molecule has 1 aromatic rings. The maximum absolute atomic E-state index is 13.9. The molecule has 1 aromatic carbocycles. The van der Waals surface area contributed by atoms with Crippen molar-refractivity contribution in [3.05, 3.63) is 28.6 Å². The molecule has 0 saturated carbocycles. The predicted molar refractivity (Wildman–Crippen MR) is 65.6 cm³/mol. The third-order valence-electron chi connectivity index (χ3n) is 2.93. The molecule has 0 spiro atoms. The minimum atomic E-state index is -6.20. The van der Waals surface area contributed by atoms with Crippen molar-refractivity contribution in [2.75, 3.05) is 0 Å². The van der Waals surface area contributed by atoms with E-state index >= 15 is 0 Å². The lowest BCUT2D eigenvalue weighted by Crippen LogP contribution is -2.43. The molecular weight excluding hydrogens is 430 g/mol. The summed E-state index contributed by atoms with van der Waals surface area (Å²) < 4.78 is 124. The van der Waals surface area contributed by atoms with Crippen LogP contribution in [0, 0.1) is 17.5 Å². The van der Waals surface area contributed by atoms with Crippen LogP contribution in [-0.2, 0) is 11.8 Å². The van der Waals surface area contributed by atoms with Gasteiger partial charge in [0.25, 0.3) is 0 Å². The third-order valence-corrected chi connectivity index (χ3v) is 4.03. The van der Waals surface area contributed by atoms with Gasteiger partial charge < -0.3 is 0 Å². The molecule has 0 radical (unpaired) electrons. The van der Waals surface area contributed by atoms with Crippen LogP contribution in [-0.4, -0.2) is 5.92 Å². The zero-order chi connectivity index (χ0) is 18.2. The maximum Gasteiger partial charge on any atom is 0.380 e. The summed E-state index contributed by atoms with van der Waals surface area (Å²) in [4.78, 5) is 0. The highest BCUT2D eigenvalue weighted by Crippen LogP contribution is 2.69. The number of benzene rings is 1. The van der Waals surface area contributed by atoms with E-state index in [4.69, 9.17) is 33.7 Å². The summed E-state index contributed by atoms with van der Waals surface area (Å²) in [6.07, 6.45) is 0. The average molecular weight is 430 g/mol. The average Bonchev–Trinajstić information content (AvgIpc) is 2.46. The Labute approximate surface area is 135 Å². The molecule has 0 heterocycles. The van der Waals surface area contributed by atoms with Crippen molar-refractivity contribution >= 4 is 44.5 Å². The quantitative estimate of drug-likeness (QED) is 0.253. The minimum absolute atomic E-state index is 1.98. The van der Waals surface area contributed by atoms with Crippen LogP contribution < -0.4 is 0 Å². The molecule has 0 N–H and O–H groups in total. The molecule has 0 fully saturated rings. The second-order valence-corrected chi connectivity index (χ2v) is 11.3. The van der Waals surface area contributed by atoms with Gasteiger partial charge in [0, 0.05) is 0 Å². The zero-order valence-electron chi connectivity index (χ0n) is 9.93. The van der Waals surface area contributed by atoms with Crippen molar-refractivity contribution in [2.24, 2.45) is 4.74 Å². The van der Waals surface area contributed by atoms with Gasteiger partial charge in [0.05, 0.1) is 11.1 Å². The SMILES string of the molecule is Fc1c(F)c2c(c(F)c1N=P(Cl)(Cl)Cl)C(F)(F)C(F)(F)C2(F)F. The molecule has 1 nitrogen and oxygen atoms in total. The van der Waals surface area contributed by atoms with Gasteiger partial charge in [0.1, 0.15) is 5.69 Å². The van der Waals surface area contributed by atoms with Crippen molar-refractivity contribution in [2.45, 2.75) is 17.8 Å². The van der Waals surface area contributed by atoms with Crippen molar-refractivity contribution < 1.29 is 39.5 Å². The molecule has 0 aliphatic heterocycles. The van der Waals surface area contributed by atoms with Gasteiger partial charge in [-0.15, -0.1) is 0 Å². The number of hydrogen-bond acceptors (Lipinski definition) is 1. The molecule has 0 atom stereocenters. The highest BCUT2D eigenvalue weighted by atomic mass is 36.0. The smallest absolute Gasteiger partial charge is 0.217 e. The number of alkyl halides is 6. The van der Waals surface area contributed by atoms with Crippen molar-refractivity contribution in [1.82, 2.24) is 0 Å². The number of hydrogen-bond donors (Lipinski definition) is 0. The Hall–Kier alpha value is -0.310. The lowest BCUT2D eigenvalue weighted by molar-refractivity contribution is -0.303. The van der Waals surface area contributed by atoms with E-state index in [0.29, 0.717) is 0 Å². The molecule has 0 bridgehead atoms. The van der Waals surface area contributed by atoms with Gasteiger partial charge in [-0.2, -0.15) is 26.3 Å². The summed E-state index contributed by atoms with van der Waals surface area (Å²) in [5.74, 6) is -26.0. The molecule has 0 aromatic heterocycles. The molecule has 1 aliphatic carbocycles. The van der Waals surface area contributed by atoms with Crippen LogP contribution in [0.15, 0.2) is 4.74 Å². The Kier molecular flexibility index (Phi) is 4.21. The first-order valence-electron chi connectivity index (χ1n) is 5.13. The molecule has 130 valence electrons. The zero-order valence-corrected chi connectivity index (χ0v) is 13.1. The number of halogens is 12. The first kappa shape index (κ1) is 19.0. The highest BCUT2D eigenvalue weighted by molar-refractivity contribution is 8.26. The van der Waals surface area contributed by atoms with Crippen LogP contribution in [0.2, 0.25) is 0 Å². The minimum Gasteiger partial charge on any atom is -0.217 e. The van der Waals surface area contributed by atoms with Gasteiger partial charge in [-0.05, 0) is 33.7 Å². The predicted octanol–water partition coefficient (Wildman–Crippen LogP) is 7.23. The molecule has 0 saturated heterocycles. The summed E-state index contributed by atoms with van der Waals surface area (Å²) in [6, 6.07) is 0. The van der Waals surface area contributed by atoms with E-state index in [9.17, 15) is 39.5 Å². The molecule has 23 heavy (non-hydrogen) atoms. The summed E-state index contributed by atoms with van der Waals surface area (Å²) in [7, 11) is 0. The van der Waals surface area contributed by atoms with E-state index in [1.54, 1.807) is 0 Å². The molecule has 0 unspecified atom stereocenters. The highest BCUT2D eigenvalue weighted by Gasteiger charge is 2.81. The topological polar surface area (TPSA) is 12.4 Å². The van der Waals surface area contributed by atoms with Gasteiger partial charge in [-0.25, -0.2) is 17.9 Å². The van der Waals surface area contributed by atoms with Crippen LogP contribution in [0.4, 0.5) is 45.2 Å². The lowest BCUT2D eigenvalue weighted by atomic mass is 10.0. The fourth-order valence-electron chi connectivity index (χ4n) is 1.95. The van der Waals surface area contributed by atoms with Crippen LogP contribution in [0.1, 0.15) is 11.1 Å². The number of fused-ring (bicyclic) bond motifs is 1. The Balaban J connectivity index is 3.03. The summed E-state index contributed by atoms with van der Waals surface area (Å²) >= 11 is 15.4. The standard InChI is InChI=1S/C9Cl3F9NP/c10-23(11,12)22-6-4(14)2-1(3(13)5(6)15)7(16,17)9(20,21)8(2,18)19. The summed E-state index contributed by atoms with van der Waals surface area (Å²) in [6.45, 7) is 0. The van der Waals surface area contributed by atoms with Crippen LogP contribution in [0.5, 0.6) is 0 Å². The van der Waals surface area contributed by atoms with Gasteiger partial charge in [-0.3, -0.25) is 0 Å². The van der Waals surface area contributed by atoms with E-state index in [2.05, 4.69) is 4.74 Å². The monoisotopic (exact) mass is 429 g/mol. The Morgan fingerprint density at radius 2 is 1.09 bits per heavy atom. The van der Waals surface area contributed by atoms with Gasteiger partial charge in [0.2, 0.25) is 5.11 Å². The van der Waals surface area contributed by atoms with Crippen LogP contribution in [0.3, 0.4) is 0 Å². The van der Waals surface area contributed by atoms with E-state index in [1.165, 1.54) is 0 Å². The van der Waals surface area contributed by atoms with Crippen molar-refractivity contribution in [1.29, 1.82) is 0 Å². The van der Waals surface area contributed by atoms with Gasteiger partial charge >= 0.3 is 17.8 Å². The number of nitrogens with zero attached hydrogens (tertiary/aromatic N) is 1. The molecule has 14 heteroatoms. The second kappa shape index (κ2) is 5.09. The van der Waals surface area contributed by atoms with Crippen molar-refractivity contribution in [3.63, 3.8) is 0 Å². The summed E-state index contributed by atoms with van der Waals surface area (Å²) in [5.41, 5.74) is -7.52. The van der Waals surface area contributed by atoms with E-state index in [0.717, 1.165) is 0 Å².